The SMILES string of the molecule is CCS(=O)(=O)N1CCC(CNC(=O)c2ccc(C(F)(F)F)cc2F)(CC2CCCO2)CC1. The Morgan fingerprint density at radius 3 is 2.50 bits per heavy atom. The van der Waals surface area contributed by atoms with E-state index in [9.17, 15) is 30.8 Å². The van der Waals surface area contributed by atoms with Crippen molar-refractivity contribution in [3.63, 3.8) is 0 Å². The maximum atomic E-state index is 14.2. The number of carbonyl (C=O) groups excluding carboxylic acids is 1. The number of amides is 1. The van der Waals surface area contributed by atoms with Crippen LogP contribution in [0.2, 0.25) is 0 Å². The van der Waals surface area contributed by atoms with Gasteiger partial charge in [0.2, 0.25) is 10.0 Å². The summed E-state index contributed by atoms with van der Waals surface area (Å²) < 4.78 is 84.0. The van der Waals surface area contributed by atoms with E-state index in [4.69, 9.17) is 4.74 Å². The van der Waals surface area contributed by atoms with E-state index in [0.29, 0.717) is 51.1 Å². The van der Waals surface area contributed by atoms with Gasteiger partial charge in [-0.05, 0) is 62.6 Å². The topological polar surface area (TPSA) is 75.7 Å². The number of benzene rings is 1. The summed E-state index contributed by atoms with van der Waals surface area (Å²) in [6.45, 7) is 3.02. The highest BCUT2D eigenvalue weighted by Crippen LogP contribution is 2.39. The zero-order chi connectivity index (χ0) is 23.6. The fourth-order valence-electron chi connectivity index (χ4n) is 4.40. The third kappa shape index (κ3) is 5.79. The molecular formula is C21H28F4N2O4S. The number of hydrogen-bond donors (Lipinski definition) is 1. The molecule has 11 heteroatoms. The first-order chi connectivity index (χ1) is 15.0. The Morgan fingerprint density at radius 1 is 1.28 bits per heavy atom. The van der Waals surface area contributed by atoms with Gasteiger partial charge in [0.1, 0.15) is 5.82 Å². The van der Waals surface area contributed by atoms with E-state index in [1.54, 1.807) is 6.92 Å². The van der Waals surface area contributed by atoms with Crippen LogP contribution in [-0.2, 0) is 20.9 Å². The molecule has 0 saturated carbocycles. The van der Waals surface area contributed by atoms with Crippen molar-refractivity contribution in [2.75, 3.05) is 32.0 Å². The second-order valence-electron chi connectivity index (χ2n) is 8.51. The molecule has 180 valence electrons. The van der Waals surface area contributed by atoms with E-state index >= 15 is 0 Å². The molecule has 2 fully saturated rings. The van der Waals surface area contributed by atoms with Gasteiger partial charge >= 0.3 is 6.18 Å². The Balaban J connectivity index is 1.71. The van der Waals surface area contributed by atoms with Gasteiger partial charge in [-0.15, -0.1) is 0 Å². The van der Waals surface area contributed by atoms with Gasteiger partial charge in [0, 0.05) is 26.2 Å². The molecule has 2 heterocycles. The highest BCUT2D eigenvalue weighted by molar-refractivity contribution is 7.89. The number of carbonyl (C=O) groups is 1. The molecule has 1 aromatic carbocycles. The largest absolute Gasteiger partial charge is 0.416 e. The monoisotopic (exact) mass is 480 g/mol. The van der Waals surface area contributed by atoms with E-state index in [0.717, 1.165) is 18.9 Å². The van der Waals surface area contributed by atoms with Gasteiger partial charge in [0.25, 0.3) is 5.91 Å². The van der Waals surface area contributed by atoms with Gasteiger partial charge in [0.05, 0.1) is 23.0 Å². The van der Waals surface area contributed by atoms with Gasteiger partial charge < -0.3 is 10.1 Å². The number of nitrogens with zero attached hydrogens (tertiary/aromatic N) is 1. The van der Waals surface area contributed by atoms with Crippen molar-refractivity contribution in [1.29, 1.82) is 0 Å². The summed E-state index contributed by atoms with van der Waals surface area (Å²) in [6, 6.07) is 1.82. The first kappa shape index (κ1) is 24.9. The second kappa shape index (κ2) is 9.64. The third-order valence-electron chi connectivity index (χ3n) is 6.39. The van der Waals surface area contributed by atoms with Crippen LogP contribution in [0, 0.1) is 11.2 Å². The zero-order valence-electron chi connectivity index (χ0n) is 17.9. The maximum absolute atomic E-state index is 14.2. The Kier molecular flexibility index (Phi) is 7.51. The minimum absolute atomic E-state index is 0.00374. The van der Waals surface area contributed by atoms with Crippen molar-refractivity contribution in [2.45, 2.75) is 51.3 Å². The van der Waals surface area contributed by atoms with E-state index in [2.05, 4.69) is 5.32 Å². The quantitative estimate of drug-likeness (QED) is 0.606. The van der Waals surface area contributed by atoms with E-state index in [1.165, 1.54) is 4.31 Å². The fraction of sp³-hybridized carbons (Fsp3) is 0.667. The average Bonchev–Trinajstić information content (AvgIpc) is 3.24. The van der Waals surface area contributed by atoms with Crippen LogP contribution in [0.25, 0.3) is 0 Å². The molecule has 0 aliphatic carbocycles. The number of piperidine rings is 1. The van der Waals surface area contributed by atoms with Crippen molar-refractivity contribution in [2.24, 2.45) is 5.41 Å². The lowest BCUT2D eigenvalue weighted by molar-refractivity contribution is -0.137. The first-order valence-electron chi connectivity index (χ1n) is 10.7. The number of ether oxygens (including phenoxy) is 1. The predicted molar refractivity (Wildman–Crippen MR) is 110 cm³/mol. The van der Waals surface area contributed by atoms with Gasteiger partial charge in [0.15, 0.2) is 0 Å². The lowest BCUT2D eigenvalue weighted by Gasteiger charge is -2.42. The molecule has 2 saturated heterocycles. The normalized spacial score (nSPS) is 22.1. The van der Waals surface area contributed by atoms with Gasteiger partial charge in [-0.3, -0.25) is 4.79 Å². The van der Waals surface area contributed by atoms with Crippen molar-refractivity contribution < 1.29 is 35.5 Å². The molecule has 2 aliphatic heterocycles. The highest BCUT2D eigenvalue weighted by atomic mass is 32.2. The Bertz CT molecular complexity index is 922. The Hall–Kier alpha value is -1.72. The van der Waals surface area contributed by atoms with E-state index in [1.807, 2.05) is 0 Å². The molecule has 1 aromatic rings. The summed E-state index contributed by atoms with van der Waals surface area (Å²) in [4.78, 5) is 12.5. The molecule has 0 spiro atoms. The zero-order valence-corrected chi connectivity index (χ0v) is 18.7. The summed E-state index contributed by atoms with van der Waals surface area (Å²) in [5.74, 6) is -2.03. The maximum Gasteiger partial charge on any atom is 0.416 e. The molecule has 32 heavy (non-hydrogen) atoms. The lowest BCUT2D eigenvalue weighted by Crippen LogP contribution is -2.49. The van der Waals surface area contributed by atoms with Gasteiger partial charge in [-0.25, -0.2) is 17.1 Å². The standard InChI is InChI=1S/C21H28F4N2O4S/c1-2-32(29,30)27-9-7-20(8-10-27,13-16-4-3-11-31-16)14-26-19(28)17-6-5-15(12-18(17)22)21(23,24)25/h5-6,12,16H,2-4,7-11,13-14H2,1H3,(H,26,28). The smallest absolute Gasteiger partial charge is 0.378 e. The number of halogens is 4. The molecule has 0 radical (unpaired) electrons. The minimum atomic E-state index is -4.70. The Morgan fingerprint density at radius 2 is 1.97 bits per heavy atom. The molecule has 1 amide bonds. The van der Waals surface area contributed by atoms with Crippen molar-refractivity contribution in [3.05, 3.63) is 35.1 Å². The molecule has 1 N–H and O–H groups in total. The molecule has 1 unspecified atom stereocenters. The first-order valence-corrected chi connectivity index (χ1v) is 12.3. The summed E-state index contributed by atoms with van der Waals surface area (Å²) in [5, 5.41) is 2.67. The van der Waals surface area contributed by atoms with Gasteiger partial charge in [-0.2, -0.15) is 13.2 Å². The highest BCUT2D eigenvalue weighted by Gasteiger charge is 2.40. The van der Waals surface area contributed by atoms with Crippen LogP contribution in [-0.4, -0.2) is 56.7 Å². The third-order valence-corrected chi connectivity index (χ3v) is 8.27. The van der Waals surface area contributed by atoms with Crippen molar-refractivity contribution >= 4 is 15.9 Å². The van der Waals surface area contributed by atoms with E-state index < -0.39 is 44.5 Å². The molecule has 0 bridgehead atoms. The molecular weight excluding hydrogens is 452 g/mol. The van der Waals surface area contributed by atoms with Crippen LogP contribution < -0.4 is 5.32 Å². The van der Waals surface area contributed by atoms with E-state index in [-0.39, 0.29) is 18.4 Å². The molecule has 6 nitrogen and oxygen atoms in total. The number of hydrogen-bond acceptors (Lipinski definition) is 4. The summed E-state index contributed by atoms with van der Waals surface area (Å²) >= 11 is 0. The average molecular weight is 481 g/mol. The van der Waals surface area contributed by atoms with Crippen molar-refractivity contribution in [1.82, 2.24) is 9.62 Å². The number of rotatable bonds is 7. The van der Waals surface area contributed by atoms with Crippen LogP contribution in [0.15, 0.2) is 18.2 Å². The number of alkyl halides is 3. The molecule has 3 rings (SSSR count). The van der Waals surface area contributed by atoms with Crippen LogP contribution in [0.4, 0.5) is 17.6 Å². The van der Waals surface area contributed by atoms with Crippen molar-refractivity contribution in [3.8, 4) is 0 Å². The molecule has 1 atom stereocenters. The van der Waals surface area contributed by atoms with Gasteiger partial charge in [-0.1, -0.05) is 0 Å². The second-order valence-corrected chi connectivity index (χ2v) is 10.8. The minimum Gasteiger partial charge on any atom is -0.378 e. The molecule has 2 aliphatic rings. The van der Waals surface area contributed by atoms with Crippen LogP contribution >= 0.6 is 0 Å². The summed E-state index contributed by atoms with van der Waals surface area (Å²) in [6.07, 6.45) is -1.26. The lowest BCUT2D eigenvalue weighted by atomic mass is 9.74. The van der Waals surface area contributed by atoms with Crippen LogP contribution in [0.1, 0.15) is 54.9 Å². The summed E-state index contributed by atoms with van der Waals surface area (Å²) in [5.41, 5.74) is -2.06. The Labute approximate surface area is 185 Å². The number of nitrogens with one attached hydrogen (secondary N) is 1. The van der Waals surface area contributed by atoms with Crippen LogP contribution in [0.5, 0.6) is 0 Å². The fourth-order valence-corrected chi connectivity index (χ4v) is 5.51. The summed E-state index contributed by atoms with van der Waals surface area (Å²) in [7, 11) is -3.32. The predicted octanol–water partition coefficient (Wildman–Crippen LogP) is 3.58. The number of sulfonamides is 1. The van der Waals surface area contributed by atoms with Crippen LogP contribution in [0.3, 0.4) is 0 Å². The molecule has 0 aromatic heterocycles.